The molecule has 2 aliphatic heterocycles. The molecule has 6 rings (SSSR count). The van der Waals surface area contributed by atoms with Crippen molar-refractivity contribution in [2.75, 3.05) is 18.9 Å². The van der Waals surface area contributed by atoms with Gasteiger partial charge in [0, 0.05) is 13.0 Å². The van der Waals surface area contributed by atoms with Crippen LogP contribution in [0.4, 0.5) is 10.3 Å². The van der Waals surface area contributed by atoms with Crippen LogP contribution < -0.4 is 16.9 Å². The highest BCUT2D eigenvalue weighted by Crippen LogP contribution is 2.57. The van der Waals surface area contributed by atoms with E-state index in [9.17, 15) is 23.8 Å². The lowest BCUT2D eigenvalue weighted by atomic mass is 10.1. The third-order valence-corrected chi connectivity index (χ3v) is 9.61. The lowest BCUT2D eigenvalue weighted by Gasteiger charge is -2.25. The van der Waals surface area contributed by atoms with Crippen molar-refractivity contribution in [3.05, 3.63) is 45.3 Å². The van der Waals surface area contributed by atoms with E-state index in [-0.39, 0.29) is 35.6 Å². The number of ether oxygens (including phenoxy) is 2. The van der Waals surface area contributed by atoms with Gasteiger partial charge in [-0.3, -0.25) is 32.8 Å². The van der Waals surface area contributed by atoms with Crippen molar-refractivity contribution < 1.29 is 41.7 Å². The maximum atomic E-state index is 15.6. The standard InChI is InChI=1S/C21H26FN9O10P2S2/c22-13-9(1-2-32)39-20(30-7-26-14-16(30)28-21(23)29-18(14)33)15(13)41-43(36,45)37-5-12-11(40-42(35)44)3-10(38-12)8-4-24-17-19(34)25-6-27-31(8)17/h4,6-7,9-13,15,20,32,42H,1-3,5H2,(H,35,44)(H,36,45)(H,25,27,34)(H3,23,28,29,33)/t9-,10-,11+,12-,13-,15-,20-,43?/m1/s1. The highest BCUT2D eigenvalue weighted by atomic mass is 32.7. The number of halogens is 1. The summed E-state index contributed by atoms with van der Waals surface area (Å²) in [4.78, 5) is 41.1. The van der Waals surface area contributed by atoms with E-state index < -0.39 is 81.3 Å². The second-order valence-electron chi connectivity index (χ2n) is 9.99. The Bertz CT molecular complexity index is 1910. The van der Waals surface area contributed by atoms with Crippen molar-refractivity contribution >= 4 is 61.3 Å². The second kappa shape index (κ2) is 12.9. The first-order valence-electron chi connectivity index (χ1n) is 13.2. The van der Waals surface area contributed by atoms with Gasteiger partial charge in [-0.15, -0.1) is 0 Å². The summed E-state index contributed by atoms with van der Waals surface area (Å²) in [5.41, 5.74) is 4.77. The number of nitrogens with one attached hydrogen (secondary N) is 2. The molecule has 244 valence electrons. The zero-order valence-corrected chi connectivity index (χ0v) is 26.4. The SMILES string of the molecule is Nc1nc2c(ncn2[C@@H]2O[C@H](CCO)[C@@H](F)[C@H]2OP(=O)(S)OC[C@H]2O[C@@H](c3cnc4c(=O)[nH]cnn34)C[C@@H]2O[PH](=O)S)c(=O)[nH]1. The number of nitrogen functional groups attached to an aromatic ring is 1. The minimum absolute atomic E-state index is 0.0195. The first kappa shape index (κ1) is 32.3. The number of imidazole rings is 2. The van der Waals surface area contributed by atoms with E-state index in [0.717, 1.165) is 6.33 Å². The Labute approximate surface area is 261 Å². The number of thiol groups is 2. The topological polar surface area (TPSA) is 253 Å². The quantitative estimate of drug-likeness (QED) is 0.0927. The van der Waals surface area contributed by atoms with Crippen LogP contribution in [-0.4, -0.2) is 88.0 Å². The van der Waals surface area contributed by atoms with Crippen LogP contribution in [0.2, 0.25) is 0 Å². The van der Waals surface area contributed by atoms with E-state index >= 15 is 4.39 Å². The molecule has 0 aliphatic carbocycles. The predicted octanol–water partition coefficient (Wildman–Crippen LogP) is 0.725. The fraction of sp³-hybridized carbons (Fsp3) is 0.524. The number of hydrogen-bond acceptors (Lipinski definition) is 15. The maximum Gasteiger partial charge on any atom is 0.386 e. The number of nitrogens with two attached hydrogens (primary N) is 1. The van der Waals surface area contributed by atoms with E-state index in [1.807, 2.05) is 0 Å². The highest BCUT2D eigenvalue weighted by Gasteiger charge is 2.50. The summed E-state index contributed by atoms with van der Waals surface area (Å²) >= 11 is 7.89. The fourth-order valence-corrected chi connectivity index (χ4v) is 7.61. The molecule has 9 atom stereocenters. The van der Waals surface area contributed by atoms with Gasteiger partial charge in [-0.1, -0.05) is 24.5 Å². The van der Waals surface area contributed by atoms with Gasteiger partial charge >= 0.3 is 6.80 Å². The zero-order chi connectivity index (χ0) is 32.0. The van der Waals surface area contributed by atoms with Crippen molar-refractivity contribution in [3.8, 4) is 0 Å². The van der Waals surface area contributed by atoms with Crippen LogP contribution in [0, 0.1) is 0 Å². The molecule has 2 saturated heterocycles. The van der Waals surface area contributed by atoms with Crippen LogP contribution in [-0.2, 0) is 32.2 Å². The summed E-state index contributed by atoms with van der Waals surface area (Å²) in [7, 11) is -2.77. The van der Waals surface area contributed by atoms with Crippen molar-refractivity contribution in [2.24, 2.45) is 0 Å². The largest absolute Gasteiger partial charge is 0.396 e. The Hall–Kier alpha value is -2.65. The lowest BCUT2D eigenvalue weighted by molar-refractivity contribution is -0.0401. The molecule has 0 amide bonds. The lowest BCUT2D eigenvalue weighted by Crippen LogP contribution is -2.31. The molecule has 0 aromatic carbocycles. The molecule has 5 N–H and O–H groups in total. The molecule has 24 heteroatoms. The molecule has 2 unspecified atom stereocenters. The third-order valence-electron chi connectivity index (χ3n) is 7.18. The van der Waals surface area contributed by atoms with Crippen LogP contribution in [0.5, 0.6) is 0 Å². The van der Waals surface area contributed by atoms with E-state index in [1.165, 1.54) is 21.6 Å². The minimum atomic E-state index is -4.42. The molecule has 0 saturated carbocycles. The second-order valence-corrected chi connectivity index (χ2v) is 14.7. The predicted molar refractivity (Wildman–Crippen MR) is 159 cm³/mol. The zero-order valence-electron chi connectivity index (χ0n) is 22.7. The third kappa shape index (κ3) is 6.49. The van der Waals surface area contributed by atoms with Crippen molar-refractivity contribution in [1.29, 1.82) is 0 Å². The molecule has 2 aliphatic rings. The number of aromatic nitrogens is 8. The number of H-pyrrole nitrogens is 2. The number of aliphatic hydroxyl groups is 1. The number of aromatic amines is 2. The number of alkyl halides is 1. The normalized spacial score (nSPS) is 29.0. The molecule has 0 radical (unpaired) electrons. The van der Waals surface area contributed by atoms with E-state index in [0.29, 0.717) is 5.69 Å². The molecule has 45 heavy (non-hydrogen) atoms. The first-order chi connectivity index (χ1) is 21.5. The van der Waals surface area contributed by atoms with Gasteiger partial charge in [0.05, 0.1) is 37.0 Å². The van der Waals surface area contributed by atoms with Crippen molar-refractivity contribution in [2.45, 2.75) is 55.8 Å². The highest BCUT2D eigenvalue weighted by molar-refractivity contribution is 8.44. The van der Waals surface area contributed by atoms with Crippen LogP contribution >= 0.6 is 38.5 Å². The fourth-order valence-electron chi connectivity index (χ4n) is 5.24. The summed E-state index contributed by atoms with van der Waals surface area (Å²) < 4.78 is 71.8. The average Bonchev–Trinajstić information content (AvgIpc) is 3.74. The number of hydrogen-bond donors (Lipinski definition) is 6. The Morgan fingerprint density at radius 3 is 2.80 bits per heavy atom. The summed E-state index contributed by atoms with van der Waals surface area (Å²) in [5.74, 6) is -0.237. The molecular formula is C21H26FN9O10P2S2. The molecule has 6 heterocycles. The number of fused-ring (bicyclic) bond motifs is 2. The Morgan fingerprint density at radius 1 is 1.24 bits per heavy atom. The van der Waals surface area contributed by atoms with Crippen LogP contribution in [0.3, 0.4) is 0 Å². The maximum absolute atomic E-state index is 15.6. The van der Waals surface area contributed by atoms with Gasteiger partial charge in [0.25, 0.3) is 11.1 Å². The van der Waals surface area contributed by atoms with Gasteiger partial charge in [-0.25, -0.2) is 23.4 Å². The van der Waals surface area contributed by atoms with E-state index in [1.54, 1.807) is 0 Å². The number of rotatable bonds is 11. The van der Waals surface area contributed by atoms with Crippen LogP contribution in [0.25, 0.3) is 16.8 Å². The number of aliphatic hydroxyl groups excluding tert-OH is 1. The molecule has 4 aromatic heterocycles. The van der Waals surface area contributed by atoms with Crippen LogP contribution in [0.15, 0.2) is 28.4 Å². The monoisotopic (exact) mass is 709 g/mol. The minimum Gasteiger partial charge on any atom is -0.396 e. The molecule has 19 nitrogen and oxygen atoms in total. The summed E-state index contributed by atoms with van der Waals surface area (Å²) in [5, 5.41) is 13.5. The van der Waals surface area contributed by atoms with Gasteiger partial charge in [0.2, 0.25) is 18.8 Å². The molecule has 0 bridgehead atoms. The first-order valence-corrected chi connectivity index (χ1v) is 18.5. The molecular weight excluding hydrogens is 683 g/mol. The smallest absolute Gasteiger partial charge is 0.386 e. The van der Waals surface area contributed by atoms with E-state index in [4.69, 9.17) is 28.8 Å². The molecule has 0 spiro atoms. The number of anilines is 1. The average molecular weight is 710 g/mol. The summed E-state index contributed by atoms with van der Waals surface area (Å²) in [6.07, 6.45) is -5.08. The number of nitrogens with zero attached hydrogens (tertiary/aromatic N) is 6. The Kier molecular flexibility index (Phi) is 9.23. The van der Waals surface area contributed by atoms with Gasteiger partial charge in [0.15, 0.2) is 23.6 Å². The molecule has 2 fully saturated rings. The van der Waals surface area contributed by atoms with E-state index in [2.05, 4.69) is 54.5 Å². The summed E-state index contributed by atoms with van der Waals surface area (Å²) in [6, 6.07) is 0. The Morgan fingerprint density at radius 2 is 2.04 bits per heavy atom. The van der Waals surface area contributed by atoms with Gasteiger partial charge < -0.3 is 29.8 Å². The van der Waals surface area contributed by atoms with Gasteiger partial charge in [-0.05, 0) is 6.42 Å². The summed E-state index contributed by atoms with van der Waals surface area (Å²) in [6.45, 7) is -5.33. The van der Waals surface area contributed by atoms with Crippen LogP contribution in [0.1, 0.15) is 30.9 Å². The molecule has 4 aromatic rings. The van der Waals surface area contributed by atoms with Gasteiger partial charge in [0.1, 0.15) is 24.6 Å². The van der Waals surface area contributed by atoms with Crippen molar-refractivity contribution in [3.63, 3.8) is 0 Å². The van der Waals surface area contributed by atoms with Gasteiger partial charge in [-0.2, -0.15) is 10.1 Å². The Balaban J connectivity index is 1.21. The van der Waals surface area contributed by atoms with Crippen molar-refractivity contribution in [1.82, 2.24) is 39.1 Å².